The summed E-state index contributed by atoms with van der Waals surface area (Å²) in [6.07, 6.45) is 12.2. The Morgan fingerprint density at radius 2 is 1.24 bits per heavy atom. The third-order valence-corrected chi connectivity index (χ3v) is 10.8. The molecule has 0 bridgehead atoms. The highest BCUT2D eigenvalue weighted by atomic mass is 15.3. The van der Waals surface area contributed by atoms with E-state index >= 15 is 0 Å². The number of benzene rings is 5. The second-order valence-electron chi connectivity index (χ2n) is 14.2. The lowest BCUT2D eigenvalue weighted by atomic mass is 9.87. The van der Waals surface area contributed by atoms with Gasteiger partial charge in [-0.15, -0.1) is 0 Å². The fourth-order valence-corrected chi connectivity index (χ4v) is 8.06. The number of nitrogens with zero attached hydrogens (tertiary/aromatic N) is 2. The van der Waals surface area contributed by atoms with Crippen LogP contribution in [0, 0.1) is 27.7 Å². The van der Waals surface area contributed by atoms with Gasteiger partial charge in [0.25, 0.3) is 0 Å². The van der Waals surface area contributed by atoms with E-state index in [-0.39, 0.29) is 6.17 Å². The zero-order valence-corrected chi connectivity index (χ0v) is 29.6. The third-order valence-electron chi connectivity index (χ3n) is 10.8. The average molecular weight is 652 g/mol. The summed E-state index contributed by atoms with van der Waals surface area (Å²) in [6.45, 7) is 9.09. The standard InChI is InChI=1S/C47H45N3/c1-31-27-42(37-15-12-16-39(29-37)45-19-10-11-22-48-45)33(3)25-35(31)13-6-5-7-14-36-26-34(4)43(28-32(36)2)38-20-21-46-44(30-38)40-17-8-9-18-41(40)47-49-23-24-50(46)47/h8-12,15-30,47,49H,5-7,13-14H2,1-4H3. The van der Waals surface area contributed by atoms with E-state index < -0.39 is 0 Å². The van der Waals surface area contributed by atoms with Crippen LogP contribution in [-0.4, -0.2) is 4.98 Å². The number of rotatable bonds is 9. The molecule has 3 nitrogen and oxygen atoms in total. The van der Waals surface area contributed by atoms with Gasteiger partial charge in [-0.2, -0.15) is 0 Å². The predicted molar refractivity (Wildman–Crippen MR) is 210 cm³/mol. The number of hydrogen-bond acceptors (Lipinski definition) is 3. The van der Waals surface area contributed by atoms with E-state index in [1.807, 2.05) is 18.3 Å². The molecule has 50 heavy (non-hydrogen) atoms. The van der Waals surface area contributed by atoms with Gasteiger partial charge in [0, 0.05) is 35.3 Å². The molecular formula is C47H45N3. The van der Waals surface area contributed by atoms with Gasteiger partial charge in [0.2, 0.25) is 0 Å². The fraction of sp³-hybridized carbons (Fsp3) is 0.213. The Labute approximate surface area is 297 Å². The van der Waals surface area contributed by atoms with Crippen molar-refractivity contribution in [1.29, 1.82) is 0 Å². The topological polar surface area (TPSA) is 28.2 Å². The first-order valence-corrected chi connectivity index (χ1v) is 18.1. The molecule has 0 saturated carbocycles. The number of nitrogens with one attached hydrogen (secondary N) is 1. The van der Waals surface area contributed by atoms with Crippen LogP contribution >= 0.6 is 0 Å². The minimum absolute atomic E-state index is 0.175. The van der Waals surface area contributed by atoms with Crippen LogP contribution in [0.15, 0.2) is 128 Å². The Balaban J connectivity index is 0.915. The molecule has 2 aliphatic heterocycles. The van der Waals surface area contributed by atoms with Crippen LogP contribution in [-0.2, 0) is 12.8 Å². The smallest absolute Gasteiger partial charge is 0.130 e. The molecule has 0 amide bonds. The van der Waals surface area contributed by atoms with Gasteiger partial charge in [-0.05, 0) is 145 Å². The molecule has 1 atom stereocenters. The van der Waals surface area contributed by atoms with E-state index in [1.54, 1.807) is 0 Å². The molecule has 0 aliphatic carbocycles. The number of unbranched alkanes of at least 4 members (excludes halogenated alkanes) is 2. The molecule has 5 aromatic carbocycles. The molecule has 0 radical (unpaired) electrons. The molecule has 1 aromatic heterocycles. The minimum atomic E-state index is 0.175. The van der Waals surface area contributed by atoms with Crippen molar-refractivity contribution in [2.24, 2.45) is 0 Å². The van der Waals surface area contributed by atoms with Gasteiger partial charge in [-0.25, -0.2) is 0 Å². The lowest BCUT2D eigenvalue weighted by Gasteiger charge is -2.34. The molecule has 2 aliphatic rings. The van der Waals surface area contributed by atoms with Gasteiger partial charge >= 0.3 is 0 Å². The maximum atomic E-state index is 4.55. The highest BCUT2D eigenvalue weighted by Gasteiger charge is 2.31. The molecule has 0 spiro atoms. The highest BCUT2D eigenvalue weighted by Crippen LogP contribution is 2.47. The van der Waals surface area contributed by atoms with Crippen molar-refractivity contribution in [2.45, 2.75) is 66.0 Å². The van der Waals surface area contributed by atoms with Crippen molar-refractivity contribution < 1.29 is 0 Å². The van der Waals surface area contributed by atoms with Gasteiger partial charge in [0.15, 0.2) is 0 Å². The monoisotopic (exact) mass is 651 g/mol. The molecule has 248 valence electrons. The number of fused-ring (bicyclic) bond motifs is 6. The number of pyridine rings is 1. The Kier molecular flexibility index (Phi) is 8.58. The predicted octanol–water partition coefficient (Wildman–Crippen LogP) is 11.8. The number of hydrogen-bond donors (Lipinski definition) is 1. The van der Waals surface area contributed by atoms with Crippen LogP contribution in [0.4, 0.5) is 5.69 Å². The van der Waals surface area contributed by atoms with E-state index in [9.17, 15) is 0 Å². The summed E-state index contributed by atoms with van der Waals surface area (Å²) in [5.41, 5.74) is 21.0. The van der Waals surface area contributed by atoms with Crippen molar-refractivity contribution in [3.05, 3.63) is 167 Å². The molecule has 3 heterocycles. The maximum Gasteiger partial charge on any atom is 0.130 e. The van der Waals surface area contributed by atoms with Crippen LogP contribution in [0.5, 0.6) is 0 Å². The first-order valence-electron chi connectivity index (χ1n) is 18.1. The summed E-state index contributed by atoms with van der Waals surface area (Å²) in [7, 11) is 0. The molecule has 3 heteroatoms. The molecule has 0 saturated heterocycles. The van der Waals surface area contributed by atoms with E-state index in [4.69, 9.17) is 0 Å². The molecule has 0 fully saturated rings. The van der Waals surface area contributed by atoms with Crippen LogP contribution in [0.3, 0.4) is 0 Å². The van der Waals surface area contributed by atoms with E-state index in [0.29, 0.717) is 0 Å². The summed E-state index contributed by atoms with van der Waals surface area (Å²) >= 11 is 0. The quantitative estimate of drug-likeness (QED) is 0.158. The highest BCUT2D eigenvalue weighted by molar-refractivity contribution is 5.89. The molecule has 8 rings (SSSR count). The Morgan fingerprint density at radius 1 is 0.560 bits per heavy atom. The summed E-state index contributed by atoms with van der Waals surface area (Å²) < 4.78 is 0. The SMILES string of the molecule is Cc1cc(-c2cccc(-c3ccccn3)c2)c(C)cc1CCCCCc1cc(C)c(-c2ccc3c(c2)-c2ccccc2C2NC=CN32)cc1C. The Morgan fingerprint density at radius 3 is 1.96 bits per heavy atom. The second-order valence-corrected chi connectivity index (χ2v) is 14.2. The van der Waals surface area contributed by atoms with Crippen molar-refractivity contribution >= 4 is 5.69 Å². The van der Waals surface area contributed by atoms with Gasteiger partial charge in [-0.3, -0.25) is 4.98 Å². The largest absolute Gasteiger partial charge is 0.366 e. The van der Waals surface area contributed by atoms with E-state index in [1.165, 1.54) is 97.3 Å². The molecular weight excluding hydrogens is 607 g/mol. The van der Waals surface area contributed by atoms with Crippen LogP contribution in [0.25, 0.3) is 44.6 Å². The Bertz CT molecular complexity index is 2230. The fourth-order valence-electron chi connectivity index (χ4n) is 8.06. The summed E-state index contributed by atoms with van der Waals surface area (Å²) in [4.78, 5) is 6.91. The Hall–Kier alpha value is -5.41. The van der Waals surface area contributed by atoms with E-state index in [0.717, 1.165) is 24.1 Å². The van der Waals surface area contributed by atoms with Crippen LogP contribution in [0.2, 0.25) is 0 Å². The van der Waals surface area contributed by atoms with E-state index in [2.05, 4.69) is 152 Å². The number of anilines is 1. The number of aromatic nitrogens is 1. The average Bonchev–Trinajstić information content (AvgIpc) is 3.65. The molecule has 1 N–H and O–H groups in total. The minimum Gasteiger partial charge on any atom is -0.366 e. The molecule has 6 aromatic rings. The summed E-state index contributed by atoms with van der Waals surface area (Å²) in [5.74, 6) is 0. The van der Waals surface area contributed by atoms with Crippen molar-refractivity contribution in [1.82, 2.24) is 10.3 Å². The number of aryl methyl sites for hydroxylation is 6. The summed E-state index contributed by atoms with van der Waals surface area (Å²) in [5, 5.41) is 3.52. The lowest BCUT2D eigenvalue weighted by molar-refractivity contribution is 0.663. The normalized spacial score (nSPS) is 14.2. The van der Waals surface area contributed by atoms with Crippen molar-refractivity contribution in [3.8, 4) is 44.6 Å². The van der Waals surface area contributed by atoms with Gasteiger partial charge in [-0.1, -0.05) is 85.3 Å². The van der Waals surface area contributed by atoms with Crippen LogP contribution < -0.4 is 10.2 Å². The second kappa shape index (κ2) is 13.5. The maximum absolute atomic E-state index is 4.55. The van der Waals surface area contributed by atoms with Gasteiger partial charge in [0.05, 0.1) is 11.4 Å². The van der Waals surface area contributed by atoms with Crippen molar-refractivity contribution in [3.63, 3.8) is 0 Å². The zero-order chi connectivity index (χ0) is 34.2. The van der Waals surface area contributed by atoms with Gasteiger partial charge < -0.3 is 10.2 Å². The lowest BCUT2D eigenvalue weighted by Crippen LogP contribution is -2.30. The first kappa shape index (κ1) is 31.8. The third kappa shape index (κ3) is 6.02. The first-order chi connectivity index (χ1) is 24.4. The van der Waals surface area contributed by atoms with Crippen LogP contribution in [0.1, 0.15) is 64.4 Å². The summed E-state index contributed by atoms with van der Waals surface area (Å²) in [6, 6.07) is 40.3. The molecule has 1 unspecified atom stereocenters. The van der Waals surface area contributed by atoms with Gasteiger partial charge in [0.1, 0.15) is 6.17 Å². The van der Waals surface area contributed by atoms with Crippen molar-refractivity contribution in [2.75, 3.05) is 4.90 Å². The zero-order valence-electron chi connectivity index (χ0n) is 29.6.